The second kappa shape index (κ2) is 5.73. The van der Waals surface area contributed by atoms with Crippen molar-refractivity contribution in [2.24, 2.45) is 11.8 Å². The highest BCUT2D eigenvalue weighted by Crippen LogP contribution is 2.60. The third-order valence-corrected chi connectivity index (χ3v) is 6.74. The molecule has 1 saturated carbocycles. The van der Waals surface area contributed by atoms with E-state index in [2.05, 4.69) is 0 Å². The molecule has 0 aromatic carbocycles. The molecule has 114 valence electrons. The Balaban J connectivity index is 1.99. The number of amides is 1. The molecule has 0 unspecified atom stereocenters. The average molecular weight is 344 g/mol. The number of halogens is 2. The van der Waals surface area contributed by atoms with Crippen molar-refractivity contribution in [2.75, 3.05) is 6.54 Å². The summed E-state index contributed by atoms with van der Waals surface area (Å²) in [5.41, 5.74) is 0. The van der Waals surface area contributed by atoms with E-state index in [4.69, 9.17) is 28.3 Å². The molecule has 1 aliphatic carbocycles. The molecule has 0 aromatic rings. The van der Waals surface area contributed by atoms with Crippen LogP contribution in [0, 0.1) is 11.8 Å². The number of carboxylic acid groups (broad SMARTS) is 1. The lowest BCUT2D eigenvalue weighted by atomic mass is 9.82. The molecule has 2 aliphatic rings. The number of carbonyl (C=O) groups is 2. The fourth-order valence-electron chi connectivity index (χ4n) is 2.54. The minimum atomic E-state index is -3.51. The van der Waals surface area contributed by atoms with Crippen LogP contribution in [0.4, 0.5) is 0 Å². The van der Waals surface area contributed by atoms with Gasteiger partial charge in [0.15, 0.2) is 4.36 Å². The molecular weight excluding hydrogens is 329 g/mol. The van der Waals surface area contributed by atoms with Gasteiger partial charge < -0.3 is 5.11 Å². The molecule has 0 atom stereocenters. The van der Waals surface area contributed by atoms with Gasteiger partial charge in [0.2, 0.25) is 0 Å². The van der Waals surface area contributed by atoms with Gasteiger partial charge in [0.25, 0.3) is 5.91 Å². The summed E-state index contributed by atoms with van der Waals surface area (Å²) in [7, 11) is -3.51. The van der Waals surface area contributed by atoms with Crippen LogP contribution < -0.4 is 0 Å². The van der Waals surface area contributed by atoms with E-state index in [9.17, 15) is 18.7 Å². The maximum absolute atomic E-state index is 11.8. The highest BCUT2D eigenvalue weighted by molar-refractivity contribution is 8.27. The summed E-state index contributed by atoms with van der Waals surface area (Å²) in [6.45, 7) is 0.125. The maximum atomic E-state index is 11.8. The number of hydrogen-bond donors (Lipinski definition) is 3. The molecule has 0 bridgehead atoms. The van der Waals surface area contributed by atoms with Gasteiger partial charge in [0.05, 0.1) is 5.92 Å². The summed E-state index contributed by atoms with van der Waals surface area (Å²) in [4.78, 5) is 22.7. The highest BCUT2D eigenvalue weighted by Gasteiger charge is 2.44. The van der Waals surface area contributed by atoms with E-state index in [-0.39, 0.29) is 23.4 Å². The van der Waals surface area contributed by atoms with Crippen molar-refractivity contribution < 1.29 is 23.8 Å². The predicted molar refractivity (Wildman–Crippen MR) is 76.4 cm³/mol. The van der Waals surface area contributed by atoms with Crippen LogP contribution in [0.15, 0.2) is 9.40 Å². The molecule has 1 aliphatic heterocycles. The first-order valence-corrected chi connectivity index (χ1v) is 8.39. The van der Waals surface area contributed by atoms with E-state index in [1.54, 1.807) is 0 Å². The van der Waals surface area contributed by atoms with Gasteiger partial charge in [-0.3, -0.25) is 18.7 Å². The molecule has 0 aromatic heterocycles. The van der Waals surface area contributed by atoms with E-state index in [1.807, 2.05) is 0 Å². The Bertz CT molecular complexity index is 473. The van der Waals surface area contributed by atoms with E-state index in [0.717, 1.165) is 4.31 Å². The van der Waals surface area contributed by atoms with Crippen molar-refractivity contribution in [1.82, 2.24) is 4.31 Å². The summed E-state index contributed by atoms with van der Waals surface area (Å²) in [5, 5.41) is 8.57. The van der Waals surface area contributed by atoms with E-state index in [0.29, 0.717) is 25.7 Å². The van der Waals surface area contributed by atoms with Crippen LogP contribution >= 0.6 is 34.0 Å². The summed E-state index contributed by atoms with van der Waals surface area (Å²) in [6, 6.07) is 0. The molecule has 1 fully saturated rings. The number of rotatable bonds is 3. The molecule has 20 heavy (non-hydrogen) atoms. The maximum Gasteiger partial charge on any atom is 0.306 e. The van der Waals surface area contributed by atoms with Crippen LogP contribution in [0.5, 0.6) is 0 Å². The first-order chi connectivity index (χ1) is 9.25. The minimum Gasteiger partial charge on any atom is -0.481 e. The Morgan fingerprint density at radius 2 is 1.80 bits per heavy atom. The molecule has 0 radical (unpaired) electrons. The van der Waals surface area contributed by atoms with Gasteiger partial charge in [-0.25, -0.2) is 4.31 Å². The third-order valence-electron chi connectivity index (χ3n) is 3.75. The summed E-state index contributed by atoms with van der Waals surface area (Å²) in [5.74, 6) is -1.83. The topological polar surface area (TPSA) is 98.1 Å². The van der Waals surface area contributed by atoms with Crippen LogP contribution in [-0.2, 0) is 9.59 Å². The Morgan fingerprint density at radius 1 is 1.25 bits per heavy atom. The van der Waals surface area contributed by atoms with Crippen molar-refractivity contribution in [3.8, 4) is 0 Å². The van der Waals surface area contributed by atoms with Crippen molar-refractivity contribution in [3.05, 3.63) is 9.40 Å². The second-order valence-electron chi connectivity index (χ2n) is 5.03. The smallest absolute Gasteiger partial charge is 0.306 e. The Hall–Kier alpha value is -0.470. The molecule has 0 saturated heterocycles. The van der Waals surface area contributed by atoms with Gasteiger partial charge in [-0.15, -0.1) is 0 Å². The quantitative estimate of drug-likeness (QED) is 0.731. The van der Waals surface area contributed by atoms with E-state index in [1.165, 1.54) is 0 Å². The second-order valence-corrected chi connectivity index (χ2v) is 7.90. The Morgan fingerprint density at radius 3 is 2.20 bits per heavy atom. The SMILES string of the molecule is O=C(O)C1CCC(CN2C(=O)C(Cl)=C(Cl)S2(O)O)CC1. The Kier molecular flexibility index (Phi) is 4.56. The normalized spacial score (nSPS) is 31.6. The van der Waals surface area contributed by atoms with Crippen molar-refractivity contribution >= 4 is 45.9 Å². The number of hydrogen-bond acceptors (Lipinski definition) is 4. The first kappa shape index (κ1) is 15.9. The van der Waals surface area contributed by atoms with Crippen molar-refractivity contribution in [2.45, 2.75) is 25.7 Å². The number of aliphatic carboxylic acids is 1. The zero-order valence-electron chi connectivity index (χ0n) is 10.5. The lowest BCUT2D eigenvalue weighted by molar-refractivity contribution is -0.143. The van der Waals surface area contributed by atoms with E-state index < -0.39 is 27.0 Å². The van der Waals surface area contributed by atoms with Gasteiger partial charge in [0, 0.05) is 6.54 Å². The zero-order valence-corrected chi connectivity index (χ0v) is 12.8. The Labute approximate surface area is 127 Å². The molecule has 3 N–H and O–H groups in total. The zero-order chi connectivity index (χ0) is 15.1. The van der Waals surface area contributed by atoms with Crippen LogP contribution in [0.25, 0.3) is 0 Å². The first-order valence-electron chi connectivity index (χ1n) is 6.13. The standard InChI is InChI=1S/C11H15Cl2NO5S/c12-8-9(13)20(18,19)14(10(8)15)5-6-1-3-7(4-2-6)11(16)17/h6-7,18-19H,1-5H2,(H,16,17). The fraction of sp³-hybridized carbons (Fsp3) is 0.636. The predicted octanol–water partition coefficient (Wildman–Crippen LogP) is 3.03. The molecular formula is C11H15Cl2NO5S. The van der Waals surface area contributed by atoms with Gasteiger partial charge in [-0.1, -0.05) is 34.0 Å². The minimum absolute atomic E-state index is 0.0211. The van der Waals surface area contributed by atoms with Crippen LogP contribution in [-0.4, -0.2) is 36.9 Å². The fourth-order valence-corrected chi connectivity index (χ4v) is 4.60. The van der Waals surface area contributed by atoms with Gasteiger partial charge in [0.1, 0.15) is 5.03 Å². The third kappa shape index (κ3) is 2.78. The molecule has 9 heteroatoms. The average Bonchev–Trinajstić information content (AvgIpc) is 2.54. The highest BCUT2D eigenvalue weighted by atomic mass is 35.5. The van der Waals surface area contributed by atoms with Crippen molar-refractivity contribution in [3.63, 3.8) is 0 Å². The number of carboxylic acids is 1. The van der Waals surface area contributed by atoms with Crippen LogP contribution in [0.1, 0.15) is 25.7 Å². The summed E-state index contributed by atoms with van der Waals surface area (Å²) >= 11 is 11.3. The molecule has 2 rings (SSSR count). The molecule has 1 amide bonds. The van der Waals surface area contributed by atoms with Crippen LogP contribution in [0.2, 0.25) is 0 Å². The van der Waals surface area contributed by atoms with Gasteiger partial charge >= 0.3 is 5.97 Å². The molecule has 6 nitrogen and oxygen atoms in total. The lowest BCUT2D eigenvalue weighted by Crippen LogP contribution is -2.35. The molecule has 0 spiro atoms. The number of nitrogens with zero attached hydrogens (tertiary/aromatic N) is 1. The van der Waals surface area contributed by atoms with E-state index >= 15 is 0 Å². The van der Waals surface area contributed by atoms with Crippen LogP contribution in [0.3, 0.4) is 0 Å². The largest absolute Gasteiger partial charge is 0.481 e. The summed E-state index contributed by atoms with van der Waals surface area (Å²) in [6.07, 6.45) is 2.28. The van der Waals surface area contributed by atoms with Crippen molar-refractivity contribution in [1.29, 1.82) is 0 Å². The van der Waals surface area contributed by atoms with Gasteiger partial charge in [-0.2, -0.15) is 0 Å². The number of carbonyl (C=O) groups excluding carboxylic acids is 1. The summed E-state index contributed by atoms with van der Waals surface area (Å²) < 4.78 is 20.3. The molecule has 1 heterocycles. The lowest BCUT2D eigenvalue weighted by Gasteiger charge is -2.39. The monoisotopic (exact) mass is 343 g/mol. The van der Waals surface area contributed by atoms with Gasteiger partial charge in [-0.05, 0) is 31.6 Å².